The number of nitrogens with one attached hydrogen (secondary N) is 1. The largest absolute Gasteiger partial charge is 0.506 e. The number of aromatic hydroxyl groups is 1. The van der Waals surface area contributed by atoms with Crippen molar-refractivity contribution >= 4 is 15.9 Å². The van der Waals surface area contributed by atoms with E-state index in [1.54, 1.807) is 6.07 Å². The van der Waals surface area contributed by atoms with E-state index in [9.17, 15) is 13.5 Å². The zero-order valence-electron chi connectivity index (χ0n) is 10.9. The highest BCUT2D eigenvalue weighted by Crippen LogP contribution is 2.36. The average molecular weight is 282 g/mol. The number of nitrogens with zero attached hydrogens (tertiary/aromatic N) is 1. The highest BCUT2D eigenvalue weighted by molar-refractivity contribution is 7.91. The Morgan fingerprint density at radius 3 is 2.84 bits per heavy atom. The molecule has 6 heteroatoms. The first kappa shape index (κ1) is 12.7. The lowest BCUT2D eigenvalue weighted by Crippen LogP contribution is -2.29. The Labute approximate surface area is 113 Å². The Morgan fingerprint density at radius 2 is 2.16 bits per heavy atom. The maximum atomic E-state index is 11.9. The number of hydrogen-bond acceptors (Lipinski definition) is 3. The Balaban J connectivity index is 2.05. The predicted octanol–water partition coefficient (Wildman–Crippen LogP) is 1.17. The van der Waals surface area contributed by atoms with Crippen molar-refractivity contribution in [3.05, 3.63) is 23.3 Å². The van der Waals surface area contributed by atoms with Gasteiger partial charge in [-0.15, -0.1) is 0 Å². The molecule has 1 saturated heterocycles. The van der Waals surface area contributed by atoms with Crippen LogP contribution in [0.2, 0.25) is 0 Å². The minimum absolute atomic E-state index is 0.0561. The van der Waals surface area contributed by atoms with Crippen LogP contribution in [-0.4, -0.2) is 26.6 Å². The first-order valence-corrected chi connectivity index (χ1v) is 8.03. The second-order valence-corrected chi connectivity index (χ2v) is 7.11. The van der Waals surface area contributed by atoms with Crippen LogP contribution in [0.5, 0.6) is 5.75 Å². The highest BCUT2D eigenvalue weighted by Gasteiger charge is 2.31. The molecule has 1 aliphatic heterocycles. The highest BCUT2D eigenvalue weighted by atomic mass is 32.2. The molecule has 1 atom stereocenters. The second kappa shape index (κ2) is 4.38. The van der Waals surface area contributed by atoms with Gasteiger partial charge in [0.25, 0.3) is 0 Å². The Hall–Kier alpha value is -1.27. The summed E-state index contributed by atoms with van der Waals surface area (Å²) in [6, 6.07) is 3.56. The van der Waals surface area contributed by atoms with Gasteiger partial charge in [-0.1, -0.05) is 6.92 Å². The fraction of sp³-hybridized carbons (Fsp3) is 0.538. The van der Waals surface area contributed by atoms with Gasteiger partial charge in [0.05, 0.1) is 5.69 Å². The van der Waals surface area contributed by atoms with E-state index in [0.717, 1.165) is 30.4 Å². The van der Waals surface area contributed by atoms with E-state index in [-0.39, 0.29) is 5.75 Å². The smallest absolute Gasteiger partial charge is 0.301 e. The first-order valence-electron chi connectivity index (χ1n) is 6.59. The molecule has 19 heavy (non-hydrogen) atoms. The number of phenols is 1. The lowest BCUT2D eigenvalue weighted by Gasteiger charge is -2.25. The van der Waals surface area contributed by atoms with E-state index in [4.69, 9.17) is 0 Å². The van der Waals surface area contributed by atoms with Gasteiger partial charge in [0, 0.05) is 13.1 Å². The summed E-state index contributed by atoms with van der Waals surface area (Å²) in [5.41, 5.74) is 2.70. The van der Waals surface area contributed by atoms with E-state index >= 15 is 0 Å². The van der Waals surface area contributed by atoms with Crippen LogP contribution in [0.1, 0.15) is 24.5 Å². The van der Waals surface area contributed by atoms with Gasteiger partial charge in [-0.3, -0.25) is 4.31 Å². The van der Waals surface area contributed by atoms with Crippen LogP contribution < -0.4 is 9.03 Å². The molecule has 5 nitrogen and oxygen atoms in total. The predicted molar refractivity (Wildman–Crippen MR) is 73.6 cm³/mol. The zero-order chi connectivity index (χ0) is 13.6. The minimum Gasteiger partial charge on any atom is -0.506 e. The Bertz CT molecular complexity index is 613. The topological polar surface area (TPSA) is 69.6 Å². The number of hydrogen-bond donors (Lipinski definition) is 2. The van der Waals surface area contributed by atoms with Crippen LogP contribution in [0, 0.1) is 5.92 Å². The summed E-state index contributed by atoms with van der Waals surface area (Å²) in [4.78, 5) is 0. The normalized spacial score (nSPS) is 25.3. The number of phenolic OH excluding ortho intramolecular Hbond substituents is 1. The van der Waals surface area contributed by atoms with E-state index < -0.39 is 10.2 Å². The van der Waals surface area contributed by atoms with Crippen LogP contribution in [0.25, 0.3) is 0 Å². The zero-order valence-corrected chi connectivity index (χ0v) is 11.7. The first-order chi connectivity index (χ1) is 8.97. The quantitative estimate of drug-likeness (QED) is 0.812. The van der Waals surface area contributed by atoms with Crippen LogP contribution in [-0.2, 0) is 23.1 Å². The fourth-order valence-electron chi connectivity index (χ4n) is 2.89. The molecule has 1 unspecified atom stereocenters. The Morgan fingerprint density at radius 1 is 1.37 bits per heavy atom. The van der Waals surface area contributed by atoms with Crippen molar-refractivity contribution in [2.45, 2.75) is 26.2 Å². The summed E-state index contributed by atoms with van der Waals surface area (Å²) in [7, 11) is -3.48. The third kappa shape index (κ3) is 2.19. The van der Waals surface area contributed by atoms with E-state index in [2.05, 4.69) is 11.6 Å². The molecule has 1 aromatic rings. The molecule has 104 valence electrons. The summed E-state index contributed by atoms with van der Waals surface area (Å²) in [5, 5.41) is 10.1. The molecular weight excluding hydrogens is 264 g/mol. The van der Waals surface area contributed by atoms with Gasteiger partial charge in [0.2, 0.25) is 0 Å². The third-order valence-corrected chi connectivity index (χ3v) is 5.46. The average Bonchev–Trinajstić information content (AvgIpc) is 2.68. The molecule has 1 aliphatic carbocycles. The molecule has 0 bridgehead atoms. The minimum atomic E-state index is -3.48. The molecular formula is C13H18N2O3S. The number of rotatable bonds is 1. The lowest BCUT2D eigenvalue weighted by atomic mass is 9.84. The van der Waals surface area contributed by atoms with Gasteiger partial charge >= 0.3 is 10.2 Å². The van der Waals surface area contributed by atoms with Gasteiger partial charge in [-0.2, -0.15) is 13.1 Å². The summed E-state index contributed by atoms with van der Waals surface area (Å²) >= 11 is 0. The number of anilines is 1. The standard InChI is InChI=1S/C13H18N2O3S/c1-9-2-3-10-8-13(16)12(7-11(10)6-9)15-5-4-14-19(15,17)18/h7-9,14,16H,2-6H2,1H3. The Kier molecular flexibility index (Phi) is 2.94. The molecule has 0 saturated carbocycles. The SMILES string of the molecule is CC1CCc2cc(O)c(N3CCNS3(=O)=O)cc2C1. The van der Waals surface area contributed by atoms with Gasteiger partial charge in [-0.25, -0.2) is 0 Å². The van der Waals surface area contributed by atoms with Gasteiger partial charge in [0.1, 0.15) is 5.75 Å². The van der Waals surface area contributed by atoms with Crippen molar-refractivity contribution in [1.29, 1.82) is 0 Å². The van der Waals surface area contributed by atoms with Gasteiger partial charge in [-0.05, 0) is 48.4 Å². The van der Waals surface area contributed by atoms with E-state index in [1.807, 2.05) is 6.07 Å². The number of fused-ring (bicyclic) bond motifs is 1. The molecule has 1 heterocycles. The van der Waals surface area contributed by atoms with Crippen molar-refractivity contribution in [1.82, 2.24) is 4.72 Å². The summed E-state index contributed by atoms with van der Waals surface area (Å²) in [6.07, 6.45) is 3.02. The molecule has 0 spiro atoms. The maximum Gasteiger partial charge on any atom is 0.301 e. The van der Waals surface area contributed by atoms with Crippen molar-refractivity contribution in [2.24, 2.45) is 5.92 Å². The molecule has 0 aromatic heterocycles. The lowest BCUT2D eigenvalue weighted by molar-refractivity contribution is 0.467. The van der Waals surface area contributed by atoms with E-state index in [1.165, 1.54) is 4.31 Å². The van der Waals surface area contributed by atoms with Gasteiger partial charge in [0.15, 0.2) is 0 Å². The second-order valence-electron chi connectivity index (χ2n) is 5.43. The van der Waals surface area contributed by atoms with Crippen molar-refractivity contribution < 1.29 is 13.5 Å². The monoisotopic (exact) mass is 282 g/mol. The summed E-state index contributed by atoms with van der Waals surface area (Å²) < 4.78 is 27.4. The number of benzene rings is 1. The third-order valence-electron chi connectivity index (χ3n) is 3.93. The summed E-state index contributed by atoms with van der Waals surface area (Å²) in [5.74, 6) is 0.666. The van der Waals surface area contributed by atoms with Crippen LogP contribution in [0.4, 0.5) is 5.69 Å². The number of aryl methyl sites for hydroxylation is 1. The van der Waals surface area contributed by atoms with Crippen LogP contribution in [0.15, 0.2) is 12.1 Å². The molecule has 1 fully saturated rings. The van der Waals surface area contributed by atoms with Crippen LogP contribution in [0.3, 0.4) is 0 Å². The van der Waals surface area contributed by atoms with Gasteiger partial charge < -0.3 is 5.11 Å². The molecule has 1 aromatic carbocycles. The molecule has 0 radical (unpaired) electrons. The van der Waals surface area contributed by atoms with Crippen molar-refractivity contribution in [3.63, 3.8) is 0 Å². The van der Waals surface area contributed by atoms with Crippen molar-refractivity contribution in [2.75, 3.05) is 17.4 Å². The molecule has 2 aliphatic rings. The van der Waals surface area contributed by atoms with Crippen LogP contribution >= 0.6 is 0 Å². The molecule has 3 rings (SSSR count). The van der Waals surface area contributed by atoms with E-state index in [0.29, 0.717) is 24.7 Å². The fourth-order valence-corrected chi connectivity index (χ4v) is 4.13. The summed E-state index contributed by atoms with van der Waals surface area (Å²) in [6.45, 7) is 2.95. The molecule has 0 amide bonds. The molecule has 2 N–H and O–H groups in total. The van der Waals surface area contributed by atoms with Crippen molar-refractivity contribution in [3.8, 4) is 5.75 Å². The maximum absolute atomic E-state index is 11.9.